The van der Waals surface area contributed by atoms with Crippen molar-refractivity contribution in [3.63, 3.8) is 0 Å². The topological polar surface area (TPSA) is 74.6 Å². The predicted molar refractivity (Wildman–Crippen MR) is 98.4 cm³/mol. The highest BCUT2D eigenvalue weighted by atomic mass is 16.4. The Kier molecular flexibility index (Phi) is 4.15. The first kappa shape index (κ1) is 18.2. The number of hydrogen-bond acceptors (Lipinski definition) is 3. The lowest BCUT2D eigenvalue weighted by Gasteiger charge is -2.60. The van der Waals surface area contributed by atoms with Gasteiger partial charge in [-0.25, -0.2) is 4.79 Å². The van der Waals surface area contributed by atoms with Gasteiger partial charge in [-0.3, -0.25) is 4.79 Å². The number of ketones is 1. The highest BCUT2D eigenvalue weighted by Crippen LogP contribution is 2.67. The summed E-state index contributed by atoms with van der Waals surface area (Å²) in [7, 11) is 0. The van der Waals surface area contributed by atoms with Crippen LogP contribution in [0.2, 0.25) is 0 Å². The molecule has 0 aromatic heterocycles. The van der Waals surface area contributed by atoms with Gasteiger partial charge in [0.2, 0.25) is 0 Å². The van der Waals surface area contributed by atoms with Gasteiger partial charge in [-0.15, -0.1) is 0 Å². The van der Waals surface area contributed by atoms with Gasteiger partial charge in [-0.2, -0.15) is 0 Å². The molecule has 4 rings (SSSR count). The van der Waals surface area contributed by atoms with Crippen LogP contribution in [0.15, 0.2) is 11.6 Å². The van der Waals surface area contributed by atoms with Crippen LogP contribution >= 0.6 is 0 Å². The minimum Gasteiger partial charge on any atom is -0.479 e. The fraction of sp³-hybridized carbons (Fsp3) is 0.818. The Bertz CT molecular complexity index is 667. The molecule has 2 unspecified atom stereocenters. The standard InChI is InChI=1S/C22H32O4/c1-12-10-14(23)11-13-4-5-15-16-6-7-18(19(24)20(25)26)21(16,2)9-8-17(15)22(12,13)3/h11-12,15-19,24H,4-10H2,1-3H3,(H,25,26)/t12?,15-,16-,17-,18+,19?,21-,22-/m0/s1. The van der Waals surface area contributed by atoms with E-state index >= 15 is 0 Å². The van der Waals surface area contributed by atoms with E-state index in [1.165, 1.54) is 5.57 Å². The number of carbonyl (C=O) groups excluding carboxylic acids is 1. The molecule has 0 spiro atoms. The van der Waals surface area contributed by atoms with Crippen molar-refractivity contribution >= 4 is 11.8 Å². The maximum atomic E-state index is 12.1. The number of carboxylic acids is 1. The Morgan fingerprint density at radius 1 is 1.19 bits per heavy atom. The molecule has 0 heterocycles. The number of carbonyl (C=O) groups is 2. The smallest absolute Gasteiger partial charge is 0.332 e. The molecule has 0 amide bonds. The number of aliphatic hydroxyl groups excluding tert-OH is 1. The van der Waals surface area contributed by atoms with Crippen LogP contribution in [-0.4, -0.2) is 28.1 Å². The van der Waals surface area contributed by atoms with Gasteiger partial charge in [0.05, 0.1) is 0 Å². The highest BCUT2D eigenvalue weighted by Gasteiger charge is 2.61. The fourth-order valence-electron chi connectivity index (χ4n) is 7.67. The van der Waals surface area contributed by atoms with Crippen LogP contribution in [0.5, 0.6) is 0 Å². The number of aliphatic carboxylic acids is 1. The SMILES string of the molecule is CC1CC(=O)C=C2CC[C@H]3[C@@H]4CC[C@H](C(O)C(=O)O)[C@@]4(C)CC[C@@H]3[C@]21C. The van der Waals surface area contributed by atoms with Gasteiger partial charge in [-0.05, 0) is 79.1 Å². The molecular weight excluding hydrogens is 328 g/mol. The molecule has 144 valence electrons. The minimum absolute atomic E-state index is 0.0652. The molecule has 3 fully saturated rings. The molecule has 2 N–H and O–H groups in total. The quantitative estimate of drug-likeness (QED) is 0.785. The maximum absolute atomic E-state index is 12.1. The monoisotopic (exact) mass is 360 g/mol. The number of carboxylic acid groups (broad SMARTS) is 1. The Morgan fingerprint density at radius 2 is 1.92 bits per heavy atom. The third-order valence-electron chi connectivity index (χ3n) is 9.22. The minimum atomic E-state index is -1.23. The lowest BCUT2D eigenvalue weighted by molar-refractivity contribution is -0.155. The van der Waals surface area contributed by atoms with Crippen LogP contribution < -0.4 is 0 Å². The first-order valence-corrected chi connectivity index (χ1v) is 10.3. The van der Waals surface area contributed by atoms with Crippen molar-refractivity contribution in [2.75, 3.05) is 0 Å². The van der Waals surface area contributed by atoms with Crippen molar-refractivity contribution in [3.05, 3.63) is 11.6 Å². The second kappa shape index (κ2) is 5.92. The molecule has 0 saturated heterocycles. The lowest BCUT2D eigenvalue weighted by atomic mass is 9.45. The molecule has 0 aliphatic heterocycles. The molecule has 4 aliphatic rings. The second-order valence-corrected chi connectivity index (χ2v) is 9.95. The number of allylic oxidation sites excluding steroid dienone is 1. The summed E-state index contributed by atoms with van der Waals surface area (Å²) in [6.45, 7) is 6.86. The molecule has 4 nitrogen and oxygen atoms in total. The third kappa shape index (κ3) is 2.30. The summed E-state index contributed by atoms with van der Waals surface area (Å²) >= 11 is 0. The van der Waals surface area contributed by atoms with Crippen molar-refractivity contribution in [3.8, 4) is 0 Å². The van der Waals surface area contributed by atoms with E-state index in [1.54, 1.807) is 0 Å². The highest BCUT2D eigenvalue weighted by molar-refractivity contribution is 5.92. The van der Waals surface area contributed by atoms with E-state index in [4.69, 9.17) is 0 Å². The normalized spacial score (nSPS) is 48.8. The van der Waals surface area contributed by atoms with Crippen LogP contribution in [0.4, 0.5) is 0 Å². The number of hydrogen-bond donors (Lipinski definition) is 2. The summed E-state index contributed by atoms with van der Waals surface area (Å²) in [4.78, 5) is 23.5. The second-order valence-electron chi connectivity index (χ2n) is 9.95. The zero-order valence-electron chi connectivity index (χ0n) is 16.2. The van der Waals surface area contributed by atoms with Gasteiger partial charge in [-0.1, -0.05) is 26.3 Å². The van der Waals surface area contributed by atoms with E-state index < -0.39 is 12.1 Å². The maximum Gasteiger partial charge on any atom is 0.332 e. The molecule has 26 heavy (non-hydrogen) atoms. The van der Waals surface area contributed by atoms with Crippen LogP contribution in [0, 0.1) is 40.4 Å². The summed E-state index contributed by atoms with van der Waals surface area (Å²) < 4.78 is 0. The largest absolute Gasteiger partial charge is 0.479 e. The summed E-state index contributed by atoms with van der Waals surface area (Å²) in [5.74, 6) is 1.16. The Morgan fingerprint density at radius 3 is 2.62 bits per heavy atom. The predicted octanol–water partition coefficient (Wildman–Crippen LogP) is 3.83. The van der Waals surface area contributed by atoms with Crippen molar-refractivity contribution in [2.45, 2.75) is 71.8 Å². The molecule has 0 aromatic carbocycles. The summed E-state index contributed by atoms with van der Waals surface area (Å²) in [6.07, 6.45) is 7.43. The molecule has 4 aliphatic carbocycles. The number of rotatable bonds is 2. The van der Waals surface area contributed by atoms with E-state index in [0.29, 0.717) is 30.1 Å². The Hall–Kier alpha value is -1.16. The zero-order chi connectivity index (χ0) is 18.9. The summed E-state index contributed by atoms with van der Waals surface area (Å²) in [6, 6.07) is 0. The van der Waals surface area contributed by atoms with Crippen molar-refractivity contribution in [1.29, 1.82) is 0 Å². The first-order valence-electron chi connectivity index (χ1n) is 10.3. The zero-order valence-corrected chi connectivity index (χ0v) is 16.2. The van der Waals surface area contributed by atoms with Gasteiger partial charge in [0.15, 0.2) is 11.9 Å². The van der Waals surface area contributed by atoms with E-state index in [-0.39, 0.29) is 22.5 Å². The molecule has 3 saturated carbocycles. The van der Waals surface area contributed by atoms with Crippen LogP contribution in [0.25, 0.3) is 0 Å². The van der Waals surface area contributed by atoms with Crippen LogP contribution in [-0.2, 0) is 9.59 Å². The molecule has 4 heteroatoms. The van der Waals surface area contributed by atoms with Gasteiger partial charge in [0.25, 0.3) is 0 Å². The fourth-order valence-corrected chi connectivity index (χ4v) is 7.67. The Balaban J connectivity index is 1.66. The summed E-state index contributed by atoms with van der Waals surface area (Å²) in [5.41, 5.74) is 1.41. The Labute approximate surface area is 156 Å². The van der Waals surface area contributed by atoms with E-state index in [2.05, 4.69) is 20.8 Å². The molecule has 0 bridgehead atoms. The van der Waals surface area contributed by atoms with Crippen molar-refractivity contribution < 1.29 is 19.8 Å². The van der Waals surface area contributed by atoms with E-state index in [0.717, 1.165) is 38.5 Å². The van der Waals surface area contributed by atoms with Crippen LogP contribution in [0.1, 0.15) is 65.7 Å². The average molecular weight is 360 g/mol. The van der Waals surface area contributed by atoms with Gasteiger partial charge >= 0.3 is 5.97 Å². The third-order valence-corrected chi connectivity index (χ3v) is 9.22. The van der Waals surface area contributed by atoms with Crippen LogP contribution in [0.3, 0.4) is 0 Å². The number of fused-ring (bicyclic) bond motifs is 5. The van der Waals surface area contributed by atoms with Crippen molar-refractivity contribution in [1.82, 2.24) is 0 Å². The number of aliphatic hydroxyl groups is 1. The first-order chi connectivity index (χ1) is 12.2. The van der Waals surface area contributed by atoms with E-state index in [1.807, 2.05) is 6.08 Å². The van der Waals surface area contributed by atoms with Gasteiger partial charge < -0.3 is 10.2 Å². The van der Waals surface area contributed by atoms with Crippen molar-refractivity contribution in [2.24, 2.45) is 40.4 Å². The average Bonchev–Trinajstić information content (AvgIpc) is 2.92. The molecule has 8 atom stereocenters. The lowest BCUT2D eigenvalue weighted by Crippen LogP contribution is -2.54. The molecule has 0 radical (unpaired) electrons. The molecule has 0 aromatic rings. The summed E-state index contributed by atoms with van der Waals surface area (Å²) in [5, 5.41) is 19.6. The van der Waals surface area contributed by atoms with Gasteiger partial charge in [0, 0.05) is 12.3 Å². The van der Waals surface area contributed by atoms with Gasteiger partial charge in [0.1, 0.15) is 0 Å². The molecular formula is C22H32O4. The van der Waals surface area contributed by atoms with E-state index in [9.17, 15) is 19.8 Å².